The van der Waals surface area contributed by atoms with Crippen molar-refractivity contribution in [2.45, 2.75) is 56.8 Å². The van der Waals surface area contributed by atoms with Gasteiger partial charge in [-0.3, -0.25) is 0 Å². The number of halogens is 1. The lowest BCUT2D eigenvalue weighted by atomic mass is 9.82. The Morgan fingerprint density at radius 2 is 2.05 bits per heavy atom. The molecule has 1 aromatic carbocycles. The zero-order valence-corrected chi connectivity index (χ0v) is 12.5. The molecule has 21 heavy (non-hydrogen) atoms. The minimum absolute atomic E-state index is 0.227. The number of rotatable bonds is 3. The molecule has 1 aromatic rings. The summed E-state index contributed by atoms with van der Waals surface area (Å²) in [5.41, 5.74) is 1.12. The molecule has 2 aliphatic rings. The summed E-state index contributed by atoms with van der Waals surface area (Å²) in [4.78, 5) is 2.53. The number of benzene rings is 1. The highest BCUT2D eigenvalue weighted by Gasteiger charge is 2.35. The van der Waals surface area contributed by atoms with Gasteiger partial charge in [-0.2, -0.15) is 5.26 Å². The summed E-state index contributed by atoms with van der Waals surface area (Å²) >= 11 is 0. The molecule has 2 saturated heterocycles. The van der Waals surface area contributed by atoms with Crippen molar-refractivity contribution in [1.82, 2.24) is 10.2 Å². The molecule has 0 amide bonds. The molecule has 0 spiro atoms. The molecule has 2 atom stereocenters. The molecule has 1 N–H and O–H groups in total. The average Bonchev–Trinajstić information content (AvgIpc) is 2.47. The molecule has 2 unspecified atom stereocenters. The monoisotopic (exact) mass is 287 g/mol. The molecule has 4 heteroatoms. The fourth-order valence-corrected chi connectivity index (χ4v) is 3.82. The Bertz CT molecular complexity index is 537. The Morgan fingerprint density at radius 1 is 1.33 bits per heavy atom. The van der Waals surface area contributed by atoms with E-state index >= 15 is 0 Å². The smallest absolute Gasteiger partial charge is 0.127 e. The van der Waals surface area contributed by atoms with Gasteiger partial charge in [0.2, 0.25) is 0 Å². The Kier molecular flexibility index (Phi) is 4.23. The normalized spacial score (nSPS) is 29.1. The van der Waals surface area contributed by atoms with E-state index in [1.807, 2.05) is 0 Å². The van der Waals surface area contributed by atoms with Crippen LogP contribution in [0.1, 0.15) is 43.2 Å². The predicted molar refractivity (Wildman–Crippen MR) is 80.2 cm³/mol. The first kappa shape index (κ1) is 14.5. The quantitative estimate of drug-likeness (QED) is 0.929. The molecule has 3 nitrogen and oxygen atoms in total. The number of nitriles is 1. The Morgan fingerprint density at radius 3 is 2.71 bits per heavy atom. The van der Waals surface area contributed by atoms with Crippen LogP contribution in [-0.4, -0.2) is 30.1 Å². The third kappa shape index (κ3) is 3.09. The van der Waals surface area contributed by atoms with E-state index in [4.69, 9.17) is 5.26 Å². The van der Waals surface area contributed by atoms with Crippen molar-refractivity contribution >= 4 is 0 Å². The third-order valence-electron chi connectivity index (χ3n) is 5.10. The van der Waals surface area contributed by atoms with Gasteiger partial charge in [-0.15, -0.1) is 0 Å². The van der Waals surface area contributed by atoms with Crippen LogP contribution in [-0.2, 0) is 6.54 Å². The van der Waals surface area contributed by atoms with E-state index in [-0.39, 0.29) is 5.82 Å². The first-order valence-corrected chi connectivity index (χ1v) is 7.81. The van der Waals surface area contributed by atoms with Gasteiger partial charge in [0.1, 0.15) is 5.82 Å². The van der Waals surface area contributed by atoms with Crippen molar-refractivity contribution in [3.05, 3.63) is 35.1 Å². The lowest BCUT2D eigenvalue weighted by Gasteiger charge is -2.47. The summed E-state index contributed by atoms with van der Waals surface area (Å²) in [6, 6.07) is 8.44. The van der Waals surface area contributed by atoms with Crippen LogP contribution in [0.3, 0.4) is 0 Å². The molecule has 2 fully saturated rings. The largest absolute Gasteiger partial charge is 0.310 e. The Hall–Kier alpha value is -1.44. The second kappa shape index (κ2) is 6.13. The lowest BCUT2D eigenvalue weighted by molar-refractivity contribution is 0.0482. The van der Waals surface area contributed by atoms with E-state index in [1.165, 1.54) is 31.4 Å². The summed E-state index contributed by atoms with van der Waals surface area (Å²) in [5.74, 6) is -0.227. The summed E-state index contributed by atoms with van der Waals surface area (Å²) < 4.78 is 13.8. The van der Waals surface area contributed by atoms with Gasteiger partial charge in [-0.05, 0) is 50.9 Å². The molecule has 3 rings (SSSR count). The molecule has 2 heterocycles. The number of hydrogen-bond donors (Lipinski definition) is 1. The van der Waals surface area contributed by atoms with E-state index in [1.54, 1.807) is 6.07 Å². The summed E-state index contributed by atoms with van der Waals surface area (Å²) in [5, 5.41) is 12.4. The van der Waals surface area contributed by atoms with Crippen LogP contribution in [0.25, 0.3) is 0 Å². The van der Waals surface area contributed by atoms with Crippen LogP contribution in [0.4, 0.5) is 4.39 Å². The summed E-state index contributed by atoms with van der Waals surface area (Å²) in [6.07, 6.45) is 6.19. The minimum atomic E-state index is -0.227. The molecule has 0 aliphatic carbocycles. The highest BCUT2D eigenvalue weighted by molar-refractivity contribution is 5.33. The maximum Gasteiger partial charge on any atom is 0.127 e. The number of hydrogen-bond acceptors (Lipinski definition) is 3. The van der Waals surface area contributed by atoms with Gasteiger partial charge >= 0.3 is 0 Å². The second-order valence-electron chi connectivity index (χ2n) is 6.37. The molecule has 0 aromatic heterocycles. The van der Waals surface area contributed by atoms with E-state index in [0.29, 0.717) is 35.8 Å². The minimum Gasteiger partial charge on any atom is -0.310 e. The topological polar surface area (TPSA) is 39.1 Å². The SMILES string of the molecule is CN1C2CCCC1CC(NCc1cc(C#N)ccc1F)C2. The van der Waals surface area contributed by atoms with Gasteiger partial charge in [-0.1, -0.05) is 6.42 Å². The van der Waals surface area contributed by atoms with Crippen molar-refractivity contribution in [1.29, 1.82) is 5.26 Å². The van der Waals surface area contributed by atoms with Crippen molar-refractivity contribution in [3.63, 3.8) is 0 Å². The molecule has 112 valence electrons. The number of nitrogens with one attached hydrogen (secondary N) is 1. The van der Waals surface area contributed by atoms with Gasteiger partial charge in [0.25, 0.3) is 0 Å². The van der Waals surface area contributed by atoms with Crippen LogP contribution >= 0.6 is 0 Å². The van der Waals surface area contributed by atoms with Gasteiger partial charge in [0.15, 0.2) is 0 Å². The molecule has 2 aliphatic heterocycles. The van der Waals surface area contributed by atoms with Gasteiger partial charge in [-0.25, -0.2) is 4.39 Å². The fraction of sp³-hybridized carbons (Fsp3) is 0.588. The van der Waals surface area contributed by atoms with Crippen LogP contribution < -0.4 is 5.32 Å². The van der Waals surface area contributed by atoms with Gasteiger partial charge in [0, 0.05) is 30.2 Å². The maximum absolute atomic E-state index is 13.8. The van der Waals surface area contributed by atoms with Gasteiger partial charge < -0.3 is 10.2 Å². The number of fused-ring (bicyclic) bond motifs is 2. The highest BCUT2D eigenvalue weighted by Crippen LogP contribution is 2.32. The summed E-state index contributed by atoms with van der Waals surface area (Å²) in [6.45, 7) is 0.509. The molecule has 2 bridgehead atoms. The Labute approximate surface area is 125 Å². The van der Waals surface area contributed by atoms with E-state index in [9.17, 15) is 4.39 Å². The second-order valence-corrected chi connectivity index (χ2v) is 6.37. The van der Waals surface area contributed by atoms with Crippen LogP contribution in [0.15, 0.2) is 18.2 Å². The van der Waals surface area contributed by atoms with E-state index in [2.05, 4.69) is 23.3 Å². The number of nitrogens with zero attached hydrogens (tertiary/aromatic N) is 2. The molecular weight excluding hydrogens is 265 g/mol. The van der Waals surface area contributed by atoms with Gasteiger partial charge in [0.05, 0.1) is 11.6 Å². The number of piperidine rings is 2. The van der Waals surface area contributed by atoms with E-state index < -0.39 is 0 Å². The molecule has 0 saturated carbocycles. The van der Waals surface area contributed by atoms with Crippen LogP contribution in [0.2, 0.25) is 0 Å². The zero-order valence-electron chi connectivity index (χ0n) is 12.5. The van der Waals surface area contributed by atoms with Crippen molar-refractivity contribution in [2.75, 3.05) is 7.05 Å². The summed E-state index contributed by atoms with van der Waals surface area (Å²) in [7, 11) is 2.24. The standard InChI is InChI=1S/C17H22FN3/c1-21-15-3-2-4-16(21)9-14(8-15)20-11-13-7-12(10-19)5-6-17(13)18/h5-7,14-16,20H,2-4,8-9,11H2,1H3. The van der Waals surface area contributed by atoms with E-state index in [0.717, 1.165) is 12.8 Å². The zero-order chi connectivity index (χ0) is 14.8. The fourth-order valence-electron chi connectivity index (χ4n) is 3.82. The van der Waals surface area contributed by atoms with Crippen LogP contribution in [0, 0.1) is 17.1 Å². The lowest BCUT2D eigenvalue weighted by Crippen LogP contribution is -2.54. The predicted octanol–water partition coefficient (Wildman–Crippen LogP) is 2.80. The third-order valence-corrected chi connectivity index (χ3v) is 5.10. The Balaban J connectivity index is 1.62. The first-order valence-electron chi connectivity index (χ1n) is 7.81. The average molecular weight is 287 g/mol. The highest BCUT2D eigenvalue weighted by atomic mass is 19.1. The maximum atomic E-state index is 13.8. The molecular formula is C17H22FN3. The van der Waals surface area contributed by atoms with Crippen LogP contribution in [0.5, 0.6) is 0 Å². The first-order chi connectivity index (χ1) is 10.2. The van der Waals surface area contributed by atoms with Crippen molar-refractivity contribution in [2.24, 2.45) is 0 Å². The van der Waals surface area contributed by atoms with Crippen molar-refractivity contribution < 1.29 is 4.39 Å². The van der Waals surface area contributed by atoms with Crippen molar-refractivity contribution in [3.8, 4) is 6.07 Å². The molecule has 0 radical (unpaired) electrons.